The normalized spacial score (nSPS) is 14.6. The van der Waals surface area contributed by atoms with Gasteiger partial charge in [0.25, 0.3) is 0 Å². The van der Waals surface area contributed by atoms with Gasteiger partial charge in [0.15, 0.2) is 0 Å². The molecule has 0 atom stereocenters. The number of nitrogens with two attached hydrogens (primary N) is 1. The predicted octanol–water partition coefficient (Wildman–Crippen LogP) is -0.159. The first kappa shape index (κ1) is 12.8. The van der Waals surface area contributed by atoms with E-state index in [2.05, 4.69) is 5.32 Å². The van der Waals surface area contributed by atoms with E-state index in [0.717, 1.165) is 12.8 Å². The van der Waals surface area contributed by atoms with Gasteiger partial charge in [0, 0.05) is 13.1 Å². The molecule has 1 aliphatic rings. The number of carbonyl (C=O) groups excluding carboxylic acids is 1. The molecule has 6 heteroatoms. The molecule has 16 heavy (non-hydrogen) atoms. The number of nitrogens with zero attached hydrogens (tertiary/aromatic N) is 1. The van der Waals surface area contributed by atoms with Gasteiger partial charge in [0.1, 0.15) is 6.54 Å². The summed E-state index contributed by atoms with van der Waals surface area (Å²) < 4.78 is 0. The smallest absolute Gasteiger partial charge is 0.323 e. The lowest BCUT2D eigenvalue weighted by molar-refractivity contribution is -0.137. The highest BCUT2D eigenvalue weighted by Gasteiger charge is 2.27. The van der Waals surface area contributed by atoms with Crippen LogP contribution in [0.5, 0.6) is 0 Å². The maximum absolute atomic E-state index is 11.6. The van der Waals surface area contributed by atoms with Gasteiger partial charge in [-0.15, -0.1) is 0 Å². The molecule has 0 aromatic heterocycles. The molecule has 6 nitrogen and oxygen atoms in total. The number of carbonyl (C=O) groups is 2. The second-order valence-corrected chi connectivity index (χ2v) is 4.09. The largest absolute Gasteiger partial charge is 0.480 e. The molecular weight excluding hydrogens is 210 g/mol. The van der Waals surface area contributed by atoms with Crippen LogP contribution in [0.15, 0.2) is 0 Å². The number of carboxylic acids is 1. The van der Waals surface area contributed by atoms with Gasteiger partial charge in [-0.05, 0) is 31.7 Å². The predicted molar refractivity (Wildman–Crippen MR) is 59.0 cm³/mol. The minimum absolute atomic E-state index is 0.231. The zero-order valence-corrected chi connectivity index (χ0v) is 9.32. The summed E-state index contributed by atoms with van der Waals surface area (Å²) in [5, 5.41) is 11.4. The van der Waals surface area contributed by atoms with Crippen LogP contribution in [-0.4, -0.2) is 48.2 Å². The van der Waals surface area contributed by atoms with Crippen molar-refractivity contribution in [2.24, 2.45) is 11.7 Å². The lowest BCUT2D eigenvalue weighted by Gasteiger charge is -2.20. The fourth-order valence-corrected chi connectivity index (χ4v) is 1.40. The number of hydrogen-bond acceptors (Lipinski definition) is 3. The molecule has 2 amide bonds. The lowest BCUT2D eigenvalue weighted by Crippen LogP contribution is -2.44. The van der Waals surface area contributed by atoms with Crippen LogP contribution >= 0.6 is 0 Å². The first-order chi connectivity index (χ1) is 7.63. The van der Waals surface area contributed by atoms with Gasteiger partial charge in [-0.1, -0.05) is 0 Å². The molecule has 1 saturated carbocycles. The fourth-order valence-electron chi connectivity index (χ4n) is 1.40. The molecule has 4 N–H and O–H groups in total. The summed E-state index contributed by atoms with van der Waals surface area (Å²) in [5.74, 6) is -0.491. The van der Waals surface area contributed by atoms with Crippen molar-refractivity contribution in [2.45, 2.75) is 19.3 Å². The Balaban J connectivity index is 2.33. The first-order valence-corrected chi connectivity index (χ1v) is 5.58. The monoisotopic (exact) mass is 229 g/mol. The quantitative estimate of drug-likeness (QED) is 0.529. The van der Waals surface area contributed by atoms with Crippen molar-refractivity contribution in [3.8, 4) is 0 Å². The summed E-state index contributed by atoms with van der Waals surface area (Å²) in [6.07, 6.45) is 2.88. The minimum Gasteiger partial charge on any atom is -0.480 e. The Morgan fingerprint density at radius 1 is 1.44 bits per heavy atom. The standard InChI is InChI=1S/C10H19N3O3/c11-4-1-5-12-10(16)13(7-9(14)15)6-8-2-3-8/h8H,1-7,11H2,(H,12,16)(H,14,15). The highest BCUT2D eigenvalue weighted by Crippen LogP contribution is 2.29. The van der Waals surface area contributed by atoms with Crippen molar-refractivity contribution < 1.29 is 14.7 Å². The van der Waals surface area contributed by atoms with Gasteiger partial charge in [0.05, 0.1) is 0 Å². The van der Waals surface area contributed by atoms with E-state index in [0.29, 0.717) is 32.0 Å². The topological polar surface area (TPSA) is 95.7 Å². The Morgan fingerprint density at radius 2 is 2.12 bits per heavy atom. The van der Waals surface area contributed by atoms with Gasteiger partial charge in [-0.3, -0.25) is 4.79 Å². The summed E-state index contributed by atoms with van der Waals surface area (Å²) >= 11 is 0. The molecule has 1 rings (SSSR count). The van der Waals surface area contributed by atoms with Gasteiger partial charge < -0.3 is 21.1 Å². The first-order valence-electron chi connectivity index (χ1n) is 5.58. The zero-order chi connectivity index (χ0) is 12.0. The van der Waals surface area contributed by atoms with Crippen LogP contribution in [0.2, 0.25) is 0 Å². The fraction of sp³-hybridized carbons (Fsp3) is 0.800. The van der Waals surface area contributed by atoms with Crippen LogP contribution in [0.1, 0.15) is 19.3 Å². The van der Waals surface area contributed by atoms with Crippen molar-refractivity contribution in [1.82, 2.24) is 10.2 Å². The SMILES string of the molecule is NCCCNC(=O)N(CC(=O)O)CC1CC1. The van der Waals surface area contributed by atoms with Crippen molar-refractivity contribution in [2.75, 3.05) is 26.2 Å². The van der Waals surface area contributed by atoms with Gasteiger partial charge in [-0.25, -0.2) is 4.79 Å². The molecule has 0 aromatic rings. The summed E-state index contributed by atoms with van der Waals surface area (Å²) in [7, 11) is 0. The average molecular weight is 229 g/mol. The molecule has 0 spiro atoms. The maximum Gasteiger partial charge on any atom is 0.323 e. The number of hydrogen-bond donors (Lipinski definition) is 3. The van der Waals surface area contributed by atoms with Gasteiger partial charge in [0.2, 0.25) is 0 Å². The van der Waals surface area contributed by atoms with Crippen molar-refractivity contribution in [3.05, 3.63) is 0 Å². The summed E-state index contributed by atoms with van der Waals surface area (Å²) in [4.78, 5) is 23.6. The zero-order valence-electron chi connectivity index (χ0n) is 9.32. The third kappa shape index (κ3) is 4.97. The summed E-state index contributed by atoms with van der Waals surface area (Å²) in [5.41, 5.74) is 5.30. The van der Waals surface area contributed by atoms with Crippen molar-refractivity contribution >= 4 is 12.0 Å². The summed E-state index contributed by atoms with van der Waals surface area (Å²) in [6.45, 7) is 1.32. The molecule has 0 saturated heterocycles. The van der Waals surface area contributed by atoms with Crippen LogP contribution in [-0.2, 0) is 4.79 Å². The highest BCUT2D eigenvalue weighted by molar-refractivity contribution is 5.80. The van der Waals surface area contributed by atoms with E-state index < -0.39 is 5.97 Å². The lowest BCUT2D eigenvalue weighted by atomic mass is 10.3. The number of aliphatic carboxylic acids is 1. The molecule has 0 aliphatic heterocycles. The summed E-state index contributed by atoms with van der Waals surface area (Å²) in [6, 6.07) is -0.303. The minimum atomic E-state index is -0.977. The van der Waals surface area contributed by atoms with E-state index in [1.807, 2.05) is 0 Å². The van der Waals surface area contributed by atoms with E-state index >= 15 is 0 Å². The molecule has 1 fully saturated rings. The second-order valence-electron chi connectivity index (χ2n) is 4.09. The van der Waals surface area contributed by atoms with Crippen LogP contribution in [0, 0.1) is 5.92 Å². The van der Waals surface area contributed by atoms with E-state index in [1.54, 1.807) is 0 Å². The second kappa shape index (κ2) is 6.32. The van der Waals surface area contributed by atoms with Crippen LogP contribution in [0.25, 0.3) is 0 Å². The molecule has 1 aliphatic carbocycles. The Bertz CT molecular complexity index is 254. The molecule has 0 unspecified atom stereocenters. The molecule has 0 radical (unpaired) electrons. The van der Waals surface area contributed by atoms with Crippen LogP contribution in [0.4, 0.5) is 4.79 Å². The van der Waals surface area contributed by atoms with E-state index in [4.69, 9.17) is 10.8 Å². The number of amides is 2. The van der Waals surface area contributed by atoms with Crippen LogP contribution < -0.4 is 11.1 Å². The Labute approximate surface area is 94.8 Å². The molecular formula is C10H19N3O3. The van der Waals surface area contributed by atoms with E-state index in [1.165, 1.54) is 4.90 Å². The number of carboxylic acid groups (broad SMARTS) is 1. The third-order valence-corrected chi connectivity index (χ3v) is 2.45. The molecule has 0 heterocycles. The maximum atomic E-state index is 11.6. The number of nitrogens with one attached hydrogen (secondary N) is 1. The van der Waals surface area contributed by atoms with Crippen molar-refractivity contribution in [3.63, 3.8) is 0 Å². The van der Waals surface area contributed by atoms with Gasteiger partial charge in [-0.2, -0.15) is 0 Å². The molecule has 92 valence electrons. The Kier molecular flexibility index (Phi) is 5.04. The van der Waals surface area contributed by atoms with Crippen LogP contribution in [0.3, 0.4) is 0 Å². The van der Waals surface area contributed by atoms with Crippen molar-refractivity contribution in [1.29, 1.82) is 0 Å². The van der Waals surface area contributed by atoms with E-state index in [-0.39, 0.29) is 12.6 Å². The Hall–Kier alpha value is -1.30. The average Bonchev–Trinajstić information content (AvgIpc) is 3.00. The molecule has 0 aromatic carbocycles. The third-order valence-electron chi connectivity index (χ3n) is 2.45. The molecule has 0 bridgehead atoms. The number of rotatable bonds is 7. The highest BCUT2D eigenvalue weighted by atomic mass is 16.4. The Morgan fingerprint density at radius 3 is 2.62 bits per heavy atom. The van der Waals surface area contributed by atoms with E-state index in [9.17, 15) is 9.59 Å². The van der Waals surface area contributed by atoms with Gasteiger partial charge >= 0.3 is 12.0 Å². The number of urea groups is 1.